The molecular weight excluding hydrogens is 556 g/mol. The van der Waals surface area contributed by atoms with Crippen molar-refractivity contribution >= 4 is 28.4 Å². The Labute approximate surface area is 248 Å². The Hall–Kier alpha value is -4.13. The SMILES string of the molecule is CCCCO[C@@H]1CCC[C@@H]1n1nc(Nc2nc3ncc(Oc4cnn5ccncc45)c(C(F)F)c3n2C)cc1C(C)(C)C. The first-order valence-electron chi connectivity index (χ1n) is 14.7. The fourth-order valence-electron chi connectivity index (χ4n) is 5.74. The van der Waals surface area contributed by atoms with E-state index in [0.29, 0.717) is 23.0 Å². The van der Waals surface area contributed by atoms with Crippen LogP contribution in [0.25, 0.3) is 16.7 Å². The van der Waals surface area contributed by atoms with E-state index in [2.05, 4.69) is 57.7 Å². The van der Waals surface area contributed by atoms with Gasteiger partial charge in [-0.25, -0.2) is 18.3 Å². The number of aromatic nitrogens is 8. The van der Waals surface area contributed by atoms with Crippen LogP contribution in [0, 0.1) is 0 Å². The van der Waals surface area contributed by atoms with Gasteiger partial charge < -0.3 is 19.4 Å². The highest BCUT2D eigenvalue weighted by Crippen LogP contribution is 2.40. The van der Waals surface area contributed by atoms with E-state index in [9.17, 15) is 8.78 Å². The molecule has 5 aromatic rings. The number of alkyl halides is 2. The normalized spacial score (nSPS) is 17.5. The van der Waals surface area contributed by atoms with E-state index in [4.69, 9.17) is 14.6 Å². The number of hydrogen-bond acceptors (Lipinski definition) is 8. The van der Waals surface area contributed by atoms with E-state index in [-0.39, 0.29) is 40.0 Å². The van der Waals surface area contributed by atoms with Crippen molar-refractivity contribution in [3.63, 3.8) is 0 Å². The van der Waals surface area contributed by atoms with Gasteiger partial charge in [-0.15, -0.1) is 0 Å². The van der Waals surface area contributed by atoms with Crippen LogP contribution in [0.2, 0.25) is 0 Å². The van der Waals surface area contributed by atoms with Crippen molar-refractivity contribution < 1.29 is 18.3 Å². The molecular formula is C30H37F2N9O2. The quantitative estimate of drug-likeness (QED) is 0.174. The number of hydrogen-bond donors (Lipinski definition) is 1. The number of aryl methyl sites for hydroxylation is 1. The van der Waals surface area contributed by atoms with Gasteiger partial charge in [0, 0.05) is 43.2 Å². The van der Waals surface area contributed by atoms with Crippen LogP contribution in [0.15, 0.2) is 37.1 Å². The van der Waals surface area contributed by atoms with Gasteiger partial charge in [-0.05, 0) is 25.7 Å². The summed E-state index contributed by atoms with van der Waals surface area (Å²) in [6.45, 7) is 9.37. The second-order valence-corrected chi connectivity index (χ2v) is 12.0. The molecule has 1 aliphatic rings. The van der Waals surface area contributed by atoms with E-state index in [1.165, 1.54) is 12.4 Å². The zero-order valence-corrected chi connectivity index (χ0v) is 25.1. The summed E-state index contributed by atoms with van der Waals surface area (Å²) in [7, 11) is 1.67. The number of rotatable bonds is 10. The molecule has 0 unspecified atom stereocenters. The van der Waals surface area contributed by atoms with E-state index in [1.807, 2.05) is 6.07 Å². The molecule has 1 fully saturated rings. The second-order valence-electron chi connectivity index (χ2n) is 12.0. The number of ether oxygens (including phenoxy) is 2. The van der Waals surface area contributed by atoms with Gasteiger partial charge in [0.25, 0.3) is 6.43 Å². The van der Waals surface area contributed by atoms with Gasteiger partial charge in [0.1, 0.15) is 11.0 Å². The maximum absolute atomic E-state index is 14.6. The fraction of sp³-hybridized carbons (Fsp3) is 0.500. The van der Waals surface area contributed by atoms with E-state index >= 15 is 0 Å². The Bertz CT molecular complexity index is 1740. The van der Waals surface area contributed by atoms with Crippen LogP contribution in [0.3, 0.4) is 0 Å². The highest BCUT2D eigenvalue weighted by atomic mass is 19.3. The smallest absolute Gasteiger partial charge is 0.269 e. The Morgan fingerprint density at radius 2 is 1.98 bits per heavy atom. The third-order valence-corrected chi connectivity index (χ3v) is 7.93. The molecule has 5 aromatic heterocycles. The van der Waals surface area contributed by atoms with Gasteiger partial charge in [0.2, 0.25) is 5.95 Å². The summed E-state index contributed by atoms with van der Waals surface area (Å²) < 4.78 is 46.6. The first-order valence-corrected chi connectivity index (χ1v) is 14.7. The maximum atomic E-state index is 14.6. The summed E-state index contributed by atoms with van der Waals surface area (Å²) in [6.07, 6.45) is 9.96. The molecule has 1 saturated carbocycles. The zero-order valence-electron chi connectivity index (χ0n) is 25.1. The molecule has 0 amide bonds. The van der Waals surface area contributed by atoms with E-state index in [0.717, 1.165) is 44.4 Å². The molecule has 1 aliphatic carbocycles. The fourth-order valence-corrected chi connectivity index (χ4v) is 5.74. The summed E-state index contributed by atoms with van der Waals surface area (Å²) in [4.78, 5) is 13.0. The van der Waals surface area contributed by atoms with Crippen LogP contribution in [0.5, 0.6) is 11.5 Å². The summed E-state index contributed by atoms with van der Waals surface area (Å²) in [5, 5.41) is 12.4. The number of nitrogens with zero attached hydrogens (tertiary/aromatic N) is 8. The summed E-state index contributed by atoms with van der Waals surface area (Å²) in [5.41, 5.74) is 1.45. The van der Waals surface area contributed by atoms with Gasteiger partial charge in [-0.3, -0.25) is 9.67 Å². The lowest BCUT2D eigenvalue weighted by Crippen LogP contribution is -2.28. The maximum Gasteiger partial charge on any atom is 0.269 e. The topological polar surface area (TPSA) is 109 Å². The van der Waals surface area contributed by atoms with Gasteiger partial charge >= 0.3 is 0 Å². The Morgan fingerprint density at radius 1 is 1.14 bits per heavy atom. The van der Waals surface area contributed by atoms with Gasteiger partial charge in [0.05, 0.1) is 36.3 Å². The molecule has 13 heteroatoms. The molecule has 0 aliphatic heterocycles. The number of halogens is 2. The van der Waals surface area contributed by atoms with Gasteiger partial charge in [0.15, 0.2) is 23.0 Å². The highest BCUT2D eigenvalue weighted by molar-refractivity contribution is 5.82. The van der Waals surface area contributed by atoms with Crippen molar-refractivity contribution in [1.82, 2.24) is 38.9 Å². The van der Waals surface area contributed by atoms with Crippen molar-refractivity contribution in [2.45, 2.75) is 83.8 Å². The zero-order chi connectivity index (χ0) is 30.3. The van der Waals surface area contributed by atoms with Crippen LogP contribution in [0.1, 0.15) is 83.5 Å². The first kappa shape index (κ1) is 29.0. The molecule has 43 heavy (non-hydrogen) atoms. The standard InChI is InChI=1S/C30H37F2N9O2/c1-6-7-13-42-20-10-8-9-18(20)41-23(30(2,3)4)14-24(38-41)36-29-37-28-26(39(29)5)25(27(31)32)22(16-34-28)43-21-17-35-40-12-11-33-15-19(21)40/h11-12,14-18,20,27H,6-10,13H2,1-5H3,(H,34,36,37,38)/t18-,20+/m0/s1. The van der Waals surface area contributed by atoms with Crippen LogP contribution >= 0.6 is 0 Å². The minimum atomic E-state index is -2.84. The Morgan fingerprint density at radius 3 is 2.74 bits per heavy atom. The van der Waals surface area contributed by atoms with Crippen molar-refractivity contribution in [2.24, 2.45) is 7.05 Å². The third kappa shape index (κ3) is 5.53. The van der Waals surface area contributed by atoms with Gasteiger partial charge in [-0.1, -0.05) is 34.1 Å². The van der Waals surface area contributed by atoms with Crippen molar-refractivity contribution in [3.8, 4) is 11.5 Å². The molecule has 1 N–H and O–H groups in total. The number of pyridine rings is 1. The van der Waals surface area contributed by atoms with Crippen LogP contribution in [0.4, 0.5) is 20.5 Å². The van der Waals surface area contributed by atoms with E-state index < -0.39 is 6.43 Å². The van der Waals surface area contributed by atoms with Crippen molar-refractivity contribution in [2.75, 3.05) is 11.9 Å². The molecule has 6 rings (SSSR count). The first-order chi connectivity index (χ1) is 20.7. The van der Waals surface area contributed by atoms with Crippen LogP contribution in [-0.2, 0) is 17.2 Å². The predicted molar refractivity (Wildman–Crippen MR) is 158 cm³/mol. The molecule has 0 radical (unpaired) electrons. The average Bonchev–Trinajstić information content (AvgIpc) is 3.75. The number of unbranched alkanes of at least 4 members (excludes halogenated alkanes) is 1. The Balaban J connectivity index is 1.34. The minimum Gasteiger partial charge on any atom is -0.451 e. The molecule has 11 nitrogen and oxygen atoms in total. The number of nitrogens with one attached hydrogen (secondary N) is 1. The monoisotopic (exact) mass is 593 g/mol. The van der Waals surface area contributed by atoms with Crippen molar-refractivity contribution in [1.29, 1.82) is 0 Å². The number of imidazole rings is 1. The van der Waals surface area contributed by atoms with Crippen LogP contribution < -0.4 is 10.1 Å². The predicted octanol–water partition coefficient (Wildman–Crippen LogP) is 6.89. The molecule has 0 saturated heterocycles. The molecule has 0 aromatic carbocycles. The molecule has 5 heterocycles. The Kier molecular flexibility index (Phi) is 7.75. The molecule has 2 atom stereocenters. The van der Waals surface area contributed by atoms with E-state index in [1.54, 1.807) is 34.7 Å². The number of anilines is 2. The second kappa shape index (κ2) is 11.5. The number of fused-ring (bicyclic) bond motifs is 2. The summed E-state index contributed by atoms with van der Waals surface area (Å²) in [5.74, 6) is 1.14. The van der Waals surface area contributed by atoms with Crippen molar-refractivity contribution in [3.05, 3.63) is 48.3 Å². The molecule has 0 bridgehead atoms. The van der Waals surface area contributed by atoms with Gasteiger partial charge in [-0.2, -0.15) is 15.2 Å². The largest absolute Gasteiger partial charge is 0.451 e. The lowest BCUT2D eigenvalue weighted by molar-refractivity contribution is 0.0254. The van der Waals surface area contributed by atoms with Crippen LogP contribution in [-0.4, -0.2) is 51.6 Å². The minimum absolute atomic E-state index is 0.0783. The summed E-state index contributed by atoms with van der Waals surface area (Å²) >= 11 is 0. The lowest BCUT2D eigenvalue weighted by atomic mass is 9.91. The average molecular weight is 594 g/mol. The molecule has 228 valence electrons. The summed E-state index contributed by atoms with van der Waals surface area (Å²) in [6, 6.07) is 2.14. The highest BCUT2D eigenvalue weighted by Gasteiger charge is 2.34. The lowest BCUT2D eigenvalue weighted by Gasteiger charge is -2.27. The molecule has 0 spiro atoms. The third-order valence-electron chi connectivity index (χ3n) is 7.93.